The van der Waals surface area contributed by atoms with E-state index in [1.165, 1.54) is 27.0 Å². The van der Waals surface area contributed by atoms with Crippen molar-refractivity contribution in [3.8, 4) is 33.0 Å². The summed E-state index contributed by atoms with van der Waals surface area (Å²) in [5.74, 6) is 0.976. The van der Waals surface area contributed by atoms with Gasteiger partial charge in [-0.3, -0.25) is 4.98 Å². The van der Waals surface area contributed by atoms with E-state index in [1.54, 1.807) is 11.3 Å². The van der Waals surface area contributed by atoms with Crippen LogP contribution in [-0.2, 0) is 0 Å². The van der Waals surface area contributed by atoms with Crippen LogP contribution >= 0.6 is 11.3 Å². The number of hydrogen-bond acceptors (Lipinski definition) is 3. The summed E-state index contributed by atoms with van der Waals surface area (Å²) < 4.78 is 1.22. The summed E-state index contributed by atoms with van der Waals surface area (Å²) in [7, 11) is 0. The molecule has 3 aromatic carbocycles. The smallest absolute Gasteiger partial charge is 0.124 e. The number of aromatic nitrogens is 2. The highest BCUT2D eigenvalue weighted by Gasteiger charge is 2.15. The van der Waals surface area contributed by atoms with Crippen LogP contribution in [0.2, 0.25) is 0 Å². The molecule has 0 unspecified atom stereocenters. The minimum atomic E-state index is 0.461. The van der Waals surface area contributed by atoms with Crippen molar-refractivity contribution < 1.29 is 0 Å². The van der Waals surface area contributed by atoms with Gasteiger partial charge in [-0.2, -0.15) is 0 Å². The average Bonchev–Trinajstić information content (AvgIpc) is 3.28. The molecule has 3 heteroatoms. The van der Waals surface area contributed by atoms with Crippen LogP contribution < -0.4 is 0 Å². The fourth-order valence-electron chi connectivity index (χ4n) is 4.11. The molecule has 0 aliphatic carbocycles. The molecular formula is C30H28N2S. The first kappa shape index (κ1) is 21.5. The van der Waals surface area contributed by atoms with E-state index in [4.69, 9.17) is 9.97 Å². The quantitative estimate of drug-likeness (QED) is 0.268. The van der Waals surface area contributed by atoms with Crippen LogP contribution in [0, 0.1) is 0 Å². The van der Waals surface area contributed by atoms with Crippen LogP contribution in [0.1, 0.15) is 50.7 Å². The fraction of sp³-hybridized carbons (Fsp3) is 0.200. The Balaban J connectivity index is 1.72. The minimum absolute atomic E-state index is 0.461. The van der Waals surface area contributed by atoms with Crippen molar-refractivity contribution in [2.75, 3.05) is 0 Å². The molecular weight excluding hydrogens is 420 g/mol. The van der Waals surface area contributed by atoms with Gasteiger partial charge in [-0.1, -0.05) is 82.3 Å². The van der Waals surface area contributed by atoms with Gasteiger partial charge >= 0.3 is 0 Å². The summed E-state index contributed by atoms with van der Waals surface area (Å²) in [6, 6.07) is 28.2. The monoisotopic (exact) mass is 448 g/mol. The molecule has 164 valence electrons. The van der Waals surface area contributed by atoms with E-state index in [1.807, 2.05) is 12.3 Å². The van der Waals surface area contributed by atoms with Crippen molar-refractivity contribution in [3.63, 3.8) is 0 Å². The number of pyridine rings is 1. The predicted octanol–water partition coefficient (Wildman–Crippen LogP) is 8.94. The SMILES string of the molecule is CC(C)c1ccc(-c2cc(-c3cc(C(C)C)ccn3)cc3nc(-c4ccccc4)sc23)cc1. The molecule has 0 atom stereocenters. The second kappa shape index (κ2) is 8.92. The number of rotatable bonds is 5. The first-order valence-corrected chi connectivity index (χ1v) is 12.4. The summed E-state index contributed by atoms with van der Waals surface area (Å²) in [4.78, 5) is 9.76. The Bertz CT molecular complexity index is 1400. The first-order chi connectivity index (χ1) is 16.0. The minimum Gasteiger partial charge on any atom is -0.256 e. The molecule has 0 saturated carbocycles. The van der Waals surface area contributed by atoms with Gasteiger partial charge in [-0.25, -0.2) is 4.98 Å². The van der Waals surface area contributed by atoms with Gasteiger partial charge in [0.2, 0.25) is 0 Å². The number of benzene rings is 3. The summed E-state index contributed by atoms with van der Waals surface area (Å²) in [6.07, 6.45) is 1.92. The highest BCUT2D eigenvalue weighted by atomic mass is 32.1. The molecule has 0 fully saturated rings. The van der Waals surface area contributed by atoms with E-state index >= 15 is 0 Å². The van der Waals surface area contributed by atoms with Gasteiger partial charge in [0, 0.05) is 22.9 Å². The van der Waals surface area contributed by atoms with Crippen LogP contribution in [0.3, 0.4) is 0 Å². The predicted molar refractivity (Wildman–Crippen MR) is 142 cm³/mol. The molecule has 2 nitrogen and oxygen atoms in total. The van der Waals surface area contributed by atoms with Crippen molar-refractivity contribution in [3.05, 3.63) is 96.2 Å². The molecule has 5 rings (SSSR count). The highest BCUT2D eigenvalue weighted by molar-refractivity contribution is 7.22. The molecule has 0 aliphatic heterocycles. The Morgan fingerprint density at radius 3 is 2.09 bits per heavy atom. The molecule has 33 heavy (non-hydrogen) atoms. The lowest BCUT2D eigenvalue weighted by atomic mass is 9.96. The zero-order chi connectivity index (χ0) is 22.9. The maximum absolute atomic E-state index is 5.05. The summed E-state index contributed by atoms with van der Waals surface area (Å²) in [5.41, 5.74) is 9.37. The Labute approximate surface area is 200 Å². The van der Waals surface area contributed by atoms with Crippen LogP contribution in [-0.4, -0.2) is 9.97 Å². The third-order valence-electron chi connectivity index (χ3n) is 6.15. The van der Waals surface area contributed by atoms with Crippen LogP contribution in [0.5, 0.6) is 0 Å². The largest absolute Gasteiger partial charge is 0.256 e. The van der Waals surface area contributed by atoms with Crippen molar-refractivity contribution in [1.82, 2.24) is 9.97 Å². The van der Waals surface area contributed by atoms with Gasteiger partial charge < -0.3 is 0 Å². The Morgan fingerprint density at radius 1 is 0.667 bits per heavy atom. The lowest BCUT2D eigenvalue weighted by molar-refractivity contribution is 0.864. The molecule has 0 bridgehead atoms. The summed E-state index contributed by atoms with van der Waals surface area (Å²) >= 11 is 1.76. The van der Waals surface area contributed by atoms with Gasteiger partial charge in [0.25, 0.3) is 0 Å². The lowest BCUT2D eigenvalue weighted by Gasteiger charge is -2.11. The van der Waals surface area contributed by atoms with Crippen molar-refractivity contribution >= 4 is 21.6 Å². The molecule has 0 spiro atoms. The molecule has 0 N–H and O–H groups in total. The van der Waals surface area contributed by atoms with Crippen LogP contribution in [0.15, 0.2) is 85.1 Å². The summed E-state index contributed by atoms with van der Waals surface area (Å²) in [5, 5.41) is 1.05. The summed E-state index contributed by atoms with van der Waals surface area (Å²) in [6.45, 7) is 8.90. The Kier molecular flexibility index (Phi) is 5.82. The molecule has 0 amide bonds. The molecule has 2 heterocycles. The first-order valence-electron chi connectivity index (χ1n) is 11.6. The van der Waals surface area contributed by atoms with E-state index in [0.29, 0.717) is 11.8 Å². The van der Waals surface area contributed by atoms with Crippen molar-refractivity contribution in [1.29, 1.82) is 0 Å². The number of fused-ring (bicyclic) bond motifs is 1. The topological polar surface area (TPSA) is 25.8 Å². The second-order valence-corrected chi connectivity index (χ2v) is 10.2. The molecule has 2 aromatic heterocycles. The van der Waals surface area contributed by atoms with E-state index in [-0.39, 0.29) is 0 Å². The third-order valence-corrected chi connectivity index (χ3v) is 7.30. The molecule has 5 aromatic rings. The third kappa shape index (κ3) is 4.34. The zero-order valence-electron chi connectivity index (χ0n) is 19.5. The molecule has 0 aliphatic rings. The van der Waals surface area contributed by atoms with Gasteiger partial charge in [0.1, 0.15) is 5.01 Å². The molecule has 0 saturated heterocycles. The van der Waals surface area contributed by atoms with E-state index < -0.39 is 0 Å². The lowest BCUT2D eigenvalue weighted by Crippen LogP contribution is -1.92. The van der Waals surface area contributed by atoms with Gasteiger partial charge in [-0.05, 0) is 52.8 Å². The Morgan fingerprint density at radius 2 is 1.39 bits per heavy atom. The average molecular weight is 449 g/mol. The maximum Gasteiger partial charge on any atom is 0.124 e. The standard InChI is InChI=1S/C30H28N2S/c1-19(2)21-10-12-22(13-11-21)26-16-25(27-17-24(20(3)4)14-15-31-27)18-28-29(26)33-30(32-28)23-8-6-5-7-9-23/h5-20H,1-4H3. The highest BCUT2D eigenvalue weighted by Crippen LogP contribution is 2.40. The normalized spacial score (nSPS) is 11.6. The number of hydrogen-bond donors (Lipinski definition) is 0. The molecule has 0 radical (unpaired) electrons. The van der Waals surface area contributed by atoms with E-state index in [2.05, 4.69) is 100 Å². The van der Waals surface area contributed by atoms with Crippen LogP contribution in [0.25, 0.3) is 43.2 Å². The van der Waals surface area contributed by atoms with Gasteiger partial charge in [-0.15, -0.1) is 11.3 Å². The number of nitrogens with zero attached hydrogens (tertiary/aromatic N) is 2. The van der Waals surface area contributed by atoms with E-state index in [0.717, 1.165) is 27.3 Å². The van der Waals surface area contributed by atoms with Gasteiger partial charge in [0.05, 0.1) is 15.9 Å². The van der Waals surface area contributed by atoms with Crippen molar-refractivity contribution in [2.24, 2.45) is 0 Å². The van der Waals surface area contributed by atoms with E-state index in [9.17, 15) is 0 Å². The van der Waals surface area contributed by atoms with Crippen molar-refractivity contribution in [2.45, 2.75) is 39.5 Å². The van der Waals surface area contributed by atoms with Crippen LogP contribution in [0.4, 0.5) is 0 Å². The number of thiazole rings is 1. The zero-order valence-corrected chi connectivity index (χ0v) is 20.4. The second-order valence-electron chi connectivity index (χ2n) is 9.16. The Hall–Kier alpha value is -3.30. The fourth-order valence-corrected chi connectivity index (χ4v) is 5.20. The maximum atomic E-state index is 5.05. The van der Waals surface area contributed by atoms with Gasteiger partial charge in [0.15, 0.2) is 0 Å².